The summed E-state index contributed by atoms with van der Waals surface area (Å²) in [6.45, 7) is 1.83. The number of nitro groups is 1. The van der Waals surface area contributed by atoms with Crippen LogP contribution in [-0.2, 0) is 16.2 Å². The zero-order valence-electron chi connectivity index (χ0n) is 29.7. The number of carbonyl (C=O) groups is 3. The fourth-order valence-electron chi connectivity index (χ4n) is 7.91. The lowest BCUT2D eigenvalue weighted by molar-refractivity contribution is -0.384. The molecule has 55 heavy (non-hydrogen) atoms. The van der Waals surface area contributed by atoms with Gasteiger partial charge in [-0.25, -0.2) is 9.69 Å². The van der Waals surface area contributed by atoms with Crippen molar-refractivity contribution in [2.75, 3.05) is 30.0 Å². The molecule has 0 aromatic heterocycles. The van der Waals surface area contributed by atoms with Crippen molar-refractivity contribution < 1.29 is 28.8 Å². The summed E-state index contributed by atoms with van der Waals surface area (Å²) < 4.78 is 12.3. The van der Waals surface area contributed by atoms with Gasteiger partial charge in [0.15, 0.2) is 11.5 Å². The molecule has 0 unspecified atom stereocenters. The first-order valence-corrected chi connectivity index (χ1v) is 19.0. The highest BCUT2D eigenvalue weighted by molar-refractivity contribution is 14.1. The zero-order valence-corrected chi connectivity index (χ0v) is 31.9. The van der Waals surface area contributed by atoms with Crippen molar-refractivity contribution in [2.45, 2.75) is 31.3 Å². The predicted octanol–water partition coefficient (Wildman–Crippen LogP) is 8.33. The van der Waals surface area contributed by atoms with E-state index in [-0.39, 0.29) is 29.7 Å². The molecule has 1 fully saturated rings. The minimum atomic E-state index is -0.813. The summed E-state index contributed by atoms with van der Waals surface area (Å²) in [6, 6.07) is 33.2. The number of ether oxygens (including phenoxy) is 2. The molecule has 1 saturated heterocycles. The number of urea groups is 1. The van der Waals surface area contributed by atoms with Gasteiger partial charge in [-0.1, -0.05) is 72.8 Å². The molecule has 3 heterocycles. The van der Waals surface area contributed by atoms with Crippen LogP contribution in [0.15, 0.2) is 115 Å². The molecule has 0 radical (unpaired) electrons. The van der Waals surface area contributed by atoms with Gasteiger partial charge in [0.2, 0.25) is 0 Å². The Morgan fingerprint density at radius 2 is 1.49 bits per heavy atom. The van der Waals surface area contributed by atoms with Crippen LogP contribution in [0.3, 0.4) is 0 Å². The van der Waals surface area contributed by atoms with Gasteiger partial charge in [0.1, 0.15) is 12.2 Å². The van der Waals surface area contributed by atoms with Gasteiger partial charge >= 0.3 is 6.03 Å². The molecular formula is C43H35IN4O7. The summed E-state index contributed by atoms with van der Waals surface area (Å²) in [4.78, 5) is 55.7. The number of nitro benzene ring substituents is 1. The zero-order chi connectivity index (χ0) is 38.2. The maximum absolute atomic E-state index is 14.4. The van der Waals surface area contributed by atoms with Crippen molar-refractivity contribution in [1.82, 2.24) is 5.32 Å². The summed E-state index contributed by atoms with van der Waals surface area (Å²) >= 11 is 2.07. The third kappa shape index (κ3) is 6.93. The number of rotatable bonds is 9. The number of nitrogens with zero attached hydrogens (tertiary/aromatic N) is 3. The molecule has 5 aromatic rings. The monoisotopic (exact) mass is 846 g/mol. The molecule has 3 aliphatic rings. The number of carbonyl (C=O) groups excluding carboxylic acids is 3. The van der Waals surface area contributed by atoms with Crippen molar-refractivity contribution in [3.8, 4) is 11.5 Å². The van der Waals surface area contributed by atoms with E-state index in [1.807, 2.05) is 48.5 Å². The van der Waals surface area contributed by atoms with Crippen LogP contribution in [0.25, 0.3) is 6.08 Å². The van der Waals surface area contributed by atoms with Gasteiger partial charge in [0, 0.05) is 42.7 Å². The quantitative estimate of drug-likeness (QED) is 0.0516. The normalized spacial score (nSPS) is 18.5. The van der Waals surface area contributed by atoms with Crippen molar-refractivity contribution in [3.05, 3.63) is 162 Å². The lowest BCUT2D eigenvalue weighted by Gasteiger charge is -2.44. The number of imide groups is 2. The number of barbiturate groups is 1. The second-order valence-electron chi connectivity index (χ2n) is 13.7. The van der Waals surface area contributed by atoms with Crippen LogP contribution in [0.2, 0.25) is 0 Å². The fourth-order valence-corrected chi connectivity index (χ4v) is 8.69. The minimum absolute atomic E-state index is 0.0449. The van der Waals surface area contributed by atoms with E-state index in [0.717, 1.165) is 58.8 Å². The van der Waals surface area contributed by atoms with E-state index < -0.39 is 22.8 Å². The van der Waals surface area contributed by atoms with Gasteiger partial charge in [-0.2, -0.15) is 0 Å². The molecule has 0 spiro atoms. The molecule has 2 atom stereocenters. The van der Waals surface area contributed by atoms with E-state index in [2.05, 4.69) is 57.1 Å². The van der Waals surface area contributed by atoms with Gasteiger partial charge < -0.3 is 14.4 Å². The van der Waals surface area contributed by atoms with E-state index in [1.54, 1.807) is 24.3 Å². The van der Waals surface area contributed by atoms with Crippen LogP contribution in [-0.4, -0.2) is 43.0 Å². The van der Waals surface area contributed by atoms with Crippen LogP contribution in [0.1, 0.15) is 58.1 Å². The van der Waals surface area contributed by atoms with Crippen molar-refractivity contribution in [3.63, 3.8) is 0 Å². The second kappa shape index (κ2) is 15.0. The average Bonchev–Trinajstić information content (AvgIpc) is 3.19. The molecule has 0 saturated carbocycles. The van der Waals surface area contributed by atoms with Crippen LogP contribution in [0.5, 0.6) is 11.5 Å². The number of hydrogen-bond donors (Lipinski definition) is 1. The summed E-state index contributed by atoms with van der Waals surface area (Å²) in [6.07, 6.45) is 3.20. The van der Waals surface area contributed by atoms with Gasteiger partial charge in [-0.05, 0) is 99.2 Å². The maximum Gasteiger partial charge on any atom is 0.335 e. The number of benzene rings is 5. The molecule has 5 aromatic carbocycles. The number of halogens is 1. The smallest absolute Gasteiger partial charge is 0.335 e. The average molecular weight is 847 g/mol. The third-order valence-electron chi connectivity index (χ3n) is 10.4. The Hall–Kier alpha value is -6.02. The van der Waals surface area contributed by atoms with Crippen LogP contribution < -0.4 is 24.6 Å². The Labute approximate surface area is 330 Å². The highest BCUT2D eigenvalue weighted by atomic mass is 127. The number of amides is 4. The molecule has 11 nitrogen and oxygen atoms in total. The number of methoxy groups -OCH3 is 1. The highest BCUT2D eigenvalue weighted by Crippen LogP contribution is 2.50. The molecule has 0 aliphatic carbocycles. The SMILES string of the molecule is COc1cc(/C=C2\C(=O)NC(=O)N(c3cc4c5c(c3)[C@H](c3ccccc3)CCN5CC[C@H]4c3ccccc3)C2=O)cc(I)c1OCc1cccc([N+](=O)[O-])c1. The predicted molar refractivity (Wildman–Crippen MR) is 217 cm³/mol. The van der Waals surface area contributed by atoms with Gasteiger partial charge in [0.05, 0.1) is 21.3 Å². The number of non-ortho nitro benzene ring substituents is 1. The van der Waals surface area contributed by atoms with Crippen molar-refractivity contribution in [2.24, 2.45) is 0 Å². The summed E-state index contributed by atoms with van der Waals surface area (Å²) in [5.41, 5.74) is 6.79. The van der Waals surface area contributed by atoms with E-state index in [9.17, 15) is 24.5 Å². The molecule has 3 aliphatic heterocycles. The molecule has 12 heteroatoms. The third-order valence-corrected chi connectivity index (χ3v) is 11.2. The van der Waals surface area contributed by atoms with Crippen molar-refractivity contribution in [1.29, 1.82) is 0 Å². The topological polar surface area (TPSA) is 131 Å². The van der Waals surface area contributed by atoms with E-state index in [1.165, 1.54) is 25.3 Å². The molecule has 8 rings (SSSR count). The second-order valence-corrected chi connectivity index (χ2v) is 14.8. The molecule has 276 valence electrons. The van der Waals surface area contributed by atoms with E-state index >= 15 is 0 Å². The van der Waals surface area contributed by atoms with Gasteiger partial charge in [-0.15, -0.1) is 0 Å². The maximum atomic E-state index is 14.4. The Balaban J connectivity index is 1.17. The van der Waals surface area contributed by atoms with E-state index in [0.29, 0.717) is 31.9 Å². The first-order chi connectivity index (χ1) is 26.7. The number of nitrogens with one attached hydrogen (secondary N) is 1. The Morgan fingerprint density at radius 3 is 2.09 bits per heavy atom. The Kier molecular flexibility index (Phi) is 9.82. The standard InChI is InChI=1S/C43H35IN4O7/c1-54-38-22-27(21-37(44)40(38)55-25-26-9-8-14-30(19-26)48(52)53)20-36-41(49)45-43(51)47(42(36)50)31-23-34-32(28-10-4-2-5-11-28)15-17-46-18-16-33(35(24-31)39(34)46)29-12-6-3-7-13-29/h2-14,19-24,32-33H,15-18,25H2,1H3,(H,45,49,51)/b36-20+/t32-,33-/m0/s1. The first kappa shape index (κ1) is 36.0. The van der Waals surface area contributed by atoms with Gasteiger partial charge in [0.25, 0.3) is 17.5 Å². The van der Waals surface area contributed by atoms with Crippen LogP contribution in [0.4, 0.5) is 21.9 Å². The fraction of sp³-hybridized carbons (Fsp3) is 0.186. The molecule has 4 amide bonds. The minimum Gasteiger partial charge on any atom is -0.493 e. The van der Waals surface area contributed by atoms with Crippen LogP contribution >= 0.6 is 22.6 Å². The molecular weight excluding hydrogens is 811 g/mol. The lowest BCUT2D eigenvalue weighted by Crippen LogP contribution is -2.54. The molecule has 0 bridgehead atoms. The Morgan fingerprint density at radius 1 is 0.855 bits per heavy atom. The summed E-state index contributed by atoms with van der Waals surface area (Å²) in [7, 11) is 1.47. The summed E-state index contributed by atoms with van der Waals surface area (Å²) in [5.74, 6) is -0.720. The first-order valence-electron chi connectivity index (χ1n) is 17.9. The number of hydrogen-bond acceptors (Lipinski definition) is 8. The Bertz CT molecular complexity index is 2310. The largest absolute Gasteiger partial charge is 0.493 e. The van der Waals surface area contributed by atoms with Crippen molar-refractivity contribution >= 4 is 63.6 Å². The summed E-state index contributed by atoms with van der Waals surface area (Å²) in [5, 5.41) is 13.6. The highest BCUT2D eigenvalue weighted by Gasteiger charge is 2.40. The lowest BCUT2D eigenvalue weighted by atomic mass is 9.76. The van der Waals surface area contributed by atoms with Gasteiger partial charge in [-0.3, -0.25) is 25.0 Å². The van der Waals surface area contributed by atoms with Crippen LogP contribution in [0, 0.1) is 13.7 Å². The number of anilines is 2. The van der Waals surface area contributed by atoms with E-state index in [4.69, 9.17) is 9.47 Å². The molecule has 1 N–H and O–H groups in total.